The van der Waals surface area contributed by atoms with Crippen LogP contribution in [-0.2, 0) is 16.6 Å². The van der Waals surface area contributed by atoms with Crippen molar-refractivity contribution in [3.8, 4) is 5.75 Å². The Balaban J connectivity index is 2.23. The first kappa shape index (κ1) is 15.6. The molecule has 2 aromatic carbocycles. The average molecular weight is 331 g/mol. The maximum Gasteiger partial charge on any atom is 0.238 e. The van der Waals surface area contributed by atoms with Gasteiger partial charge in [-0.1, -0.05) is 11.6 Å². The van der Waals surface area contributed by atoms with Crippen LogP contribution < -0.4 is 10.5 Å². The normalized spacial score (nSPS) is 11.4. The molecular formula is C13H12ClFN2O3S. The quantitative estimate of drug-likeness (QED) is 0.802. The fraction of sp³-hybridized carbons (Fsp3) is 0.0769. The Bertz CT molecular complexity index is 761. The van der Waals surface area contributed by atoms with Crippen LogP contribution in [0.3, 0.4) is 0 Å². The first-order valence-electron chi connectivity index (χ1n) is 5.80. The van der Waals surface area contributed by atoms with Gasteiger partial charge in [0.25, 0.3) is 0 Å². The maximum atomic E-state index is 13.1. The van der Waals surface area contributed by atoms with E-state index in [1.54, 1.807) is 0 Å². The van der Waals surface area contributed by atoms with E-state index < -0.39 is 15.8 Å². The van der Waals surface area contributed by atoms with Crippen LogP contribution in [0.2, 0.25) is 5.02 Å². The monoisotopic (exact) mass is 330 g/mol. The summed E-state index contributed by atoms with van der Waals surface area (Å²) in [6.07, 6.45) is 0. The van der Waals surface area contributed by atoms with E-state index in [0.29, 0.717) is 16.3 Å². The molecule has 0 aromatic heterocycles. The highest BCUT2D eigenvalue weighted by molar-refractivity contribution is 7.89. The van der Waals surface area contributed by atoms with Gasteiger partial charge in [0.1, 0.15) is 11.6 Å². The summed E-state index contributed by atoms with van der Waals surface area (Å²) >= 11 is 5.95. The lowest BCUT2D eigenvalue weighted by Crippen LogP contribution is -2.12. The zero-order valence-electron chi connectivity index (χ0n) is 10.7. The van der Waals surface area contributed by atoms with Crippen molar-refractivity contribution in [1.29, 1.82) is 0 Å². The van der Waals surface area contributed by atoms with Gasteiger partial charge < -0.3 is 10.4 Å². The summed E-state index contributed by atoms with van der Waals surface area (Å²) in [5, 5.41) is 17.5. The topological polar surface area (TPSA) is 92.4 Å². The molecule has 0 heterocycles. The maximum absolute atomic E-state index is 13.1. The third-order valence-corrected chi connectivity index (χ3v) is 3.93. The number of sulfonamides is 1. The molecule has 0 saturated carbocycles. The van der Waals surface area contributed by atoms with Gasteiger partial charge >= 0.3 is 0 Å². The second-order valence-electron chi connectivity index (χ2n) is 4.36. The number of primary sulfonamides is 1. The molecule has 0 amide bonds. The van der Waals surface area contributed by atoms with Crippen LogP contribution in [-0.4, -0.2) is 13.5 Å². The van der Waals surface area contributed by atoms with Gasteiger partial charge in [-0.05, 0) is 35.9 Å². The predicted octanol–water partition coefficient (Wildman–Crippen LogP) is 2.44. The van der Waals surface area contributed by atoms with Gasteiger partial charge in [-0.2, -0.15) is 0 Å². The minimum atomic E-state index is -3.84. The molecule has 0 fully saturated rings. The molecule has 0 spiro atoms. The summed E-state index contributed by atoms with van der Waals surface area (Å²) < 4.78 is 35.7. The molecule has 0 aliphatic rings. The van der Waals surface area contributed by atoms with Crippen molar-refractivity contribution in [1.82, 2.24) is 0 Å². The lowest BCUT2D eigenvalue weighted by molar-refractivity contribution is 0.468. The molecule has 0 unspecified atom stereocenters. The molecule has 21 heavy (non-hydrogen) atoms. The third kappa shape index (κ3) is 4.07. The summed E-state index contributed by atoms with van der Waals surface area (Å²) in [4.78, 5) is -0.0866. The Labute approximate surface area is 126 Å². The van der Waals surface area contributed by atoms with Gasteiger partial charge in [-0.3, -0.25) is 0 Å². The van der Waals surface area contributed by atoms with E-state index in [-0.39, 0.29) is 17.2 Å². The van der Waals surface area contributed by atoms with Crippen LogP contribution >= 0.6 is 11.6 Å². The molecule has 2 aromatic rings. The third-order valence-electron chi connectivity index (χ3n) is 2.69. The lowest BCUT2D eigenvalue weighted by Gasteiger charge is -2.10. The van der Waals surface area contributed by atoms with Crippen LogP contribution in [0.1, 0.15) is 5.56 Å². The molecule has 0 aliphatic heterocycles. The predicted molar refractivity (Wildman–Crippen MR) is 78.2 cm³/mol. The number of phenols is 1. The average Bonchev–Trinajstić information content (AvgIpc) is 2.35. The van der Waals surface area contributed by atoms with E-state index in [1.165, 1.54) is 30.3 Å². The van der Waals surface area contributed by atoms with Gasteiger partial charge in [0.15, 0.2) is 0 Å². The van der Waals surface area contributed by atoms with E-state index >= 15 is 0 Å². The number of hydrogen-bond acceptors (Lipinski definition) is 4. The van der Waals surface area contributed by atoms with E-state index in [2.05, 4.69) is 5.32 Å². The SMILES string of the molecule is NS(=O)(=O)c1ccc(Cl)c(NCc2cc(O)cc(F)c2)c1. The fourth-order valence-electron chi connectivity index (χ4n) is 1.75. The standard InChI is InChI=1S/C13H12ClFN2O3S/c14-12-2-1-11(21(16,19)20)6-13(12)17-7-8-3-9(15)5-10(18)4-8/h1-6,17-18H,7H2,(H2,16,19,20). The fourth-order valence-corrected chi connectivity index (χ4v) is 2.47. The van der Waals surface area contributed by atoms with Crippen molar-refractivity contribution in [3.05, 3.63) is 52.8 Å². The van der Waals surface area contributed by atoms with Gasteiger partial charge in [0.2, 0.25) is 10.0 Å². The molecule has 0 aliphatic carbocycles. The number of benzene rings is 2. The van der Waals surface area contributed by atoms with Crippen LogP contribution in [0, 0.1) is 5.82 Å². The summed E-state index contributed by atoms with van der Waals surface area (Å²) in [6, 6.07) is 7.58. The minimum Gasteiger partial charge on any atom is -0.508 e. The Morgan fingerprint density at radius 3 is 2.57 bits per heavy atom. The number of rotatable bonds is 4. The van der Waals surface area contributed by atoms with Crippen molar-refractivity contribution < 1.29 is 17.9 Å². The van der Waals surface area contributed by atoms with Gasteiger partial charge in [0.05, 0.1) is 15.6 Å². The molecule has 0 atom stereocenters. The first-order chi connectivity index (χ1) is 9.75. The molecule has 0 radical (unpaired) electrons. The molecule has 4 N–H and O–H groups in total. The second-order valence-corrected chi connectivity index (χ2v) is 6.33. The summed E-state index contributed by atoms with van der Waals surface area (Å²) in [5.41, 5.74) is 0.816. The van der Waals surface area contributed by atoms with Crippen molar-refractivity contribution in [2.24, 2.45) is 5.14 Å². The number of halogens is 2. The second kappa shape index (κ2) is 5.88. The zero-order chi connectivity index (χ0) is 15.6. The van der Waals surface area contributed by atoms with Crippen molar-refractivity contribution in [2.75, 3.05) is 5.32 Å². The van der Waals surface area contributed by atoms with Crippen LogP contribution in [0.15, 0.2) is 41.3 Å². The Kier molecular flexibility index (Phi) is 4.36. The highest BCUT2D eigenvalue weighted by Gasteiger charge is 2.11. The Hall–Kier alpha value is -1.83. The van der Waals surface area contributed by atoms with Crippen molar-refractivity contribution >= 4 is 27.3 Å². The molecule has 0 saturated heterocycles. The molecule has 5 nitrogen and oxygen atoms in total. The lowest BCUT2D eigenvalue weighted by atomic mass is 10.2. The van der Waals surface area contributed by atoms with Gasteiger partial charge in [-0.15, -0.1) is 0 Å². The van der Waals surface area contributed by atoms with Crippen LogP contribution in [0.5, 0.6) is 5.75 Å². The van der Waals surface area contributed by atoms with Crippen molar-refractivity contribution in [3.63, 3.8) is 0 Å². The first-order valence-corrected chi connectivity index (χ1v) is 7.73. The number of aromatic hydroxyl groups is 1. The number of hydrogen-bond donors (Lipinski definition) is 3. The largest absolute Gasteiger partial charge is 0.508 e. The van der Waals surface area contributed by atoms with E-state index in [4.69, 9.17) is 16.7 Å². The molecule has 2 rings (SSSR count). The van der Waals surface area contributed by atoms with Crippen LogP contribution in [0.4, 0.5) is 10.1 Å². The highest BCUT2D eigenvalue weighted by atomic mass is 35.5. The number of nitrogens with two attached hydrogens (primary N) is 1. The molecular weight excluding hydrogens is 319 g/mol. The van der Waals surface area contributed by atoms with Crippen molar-refractivity contribution in [2.45, 2.75) is 11.4 Å². The van der Waals surface area contributed by atoms with Crippen LogP contribution in [0.25, 0.3) is 0 Å². The van der Waals surface area contributed by atoms with E-state index in [0.717, 1.165) is 6.07 Å². The number of anilines is 1. The summed E-state index contributed by atoms with van der Waals surface area (Å²) in [7, 11) is -3.84. The smallest absolute Gasteiger partial charge is 0.238 e. The summed E-state index contributed by atoms with van der Waals surface area (Å²) in [5.74, 6) is -0.771. The number of phenolic OH excluding ortho intramolecular Hbond substituents is 1. The minimum absolute atomic E-state index is 0.0866. The Morgan fingerprint density at radius 2 is 1.95 bits per heavy atom. The zero-order valence-corrected chi connectivity index (χ0v) is 12.2. The van der Waals surface area contributed by atoms with E-state index in [1.807, 2.05) is 0 Å². The molecule has 0 bridgehead atoms. The molecule has 112 valence electrons. The van der Waals surface area contributed by atoms with E-state index in [9.17, 15) is 17.9 Å². The highest BCUT2D eigenvalue weighted by Crippen LogP contribution is 2.25. The Morgan fingerprint density at radius 1 is 1.24 bits per heavy atom. The van der Waals surface area contributed by atoms with Gasteiger partial charge in [-0.25, -0.2) is 17.9 Å². The summed E-state index contributed by atoms with van der Waals surface area (Å²) in [6.45, 7) is 0.152. The number of nitrogens with one attached hydrogen (secondary N) is 1. The van der Waals surface area contributed by atoms with Gasteiger partial charge in [0, 0.05) is 12.6 Å². The molecule has 8 heteroatoms.